The summed E-state index contributed by atoms with van der Waals surface area (Å²) >= 11 is 5.42. The van der Waals surface area contributed by atoms with Crippen LogP contribution in [0.3, 0.4) is 0 Å². The van der Waals surface area contributed by atoms with Crippen LogP contribution in [0.2, 0.25) is 0 Å². The van der Waals surface area contributed by atoms with Crippen LogP contribution in [0.4, 0.5) is 0 Å². The molecule has 0 saturated heterocycles. The number of rotatable bonds is 27. The van der Waals surface area contributed by atoms with E-state index in [1.54, 1.807) is 22.7 Å². The molecule has 0 bridgehead atoms. The maximum Gasteiger partial charge on any atom is 0.162 e. The first-order valence-electron chi connectivity index (χ1n) is 43.6. The maximum atomic E-state index is 11.7. The van der Waals surface area contributed by atoms with Gasteiger partial charge in [-0.1, -0.05) is 220 Å². The molecule has 0 aliphatic rings. The minimum atomic E-state index is 0. The monoisotopic (exact) mass is 2240 g/mol. The molecule has 0 fully saturated rings. The van der Waals surface area contributed by atoms with E-state index in [2.05, 4.69) is 239 Å². The predicted molar refractivity (Wildman–Crippen MR) is 516 cm³/mol. The first-order valence-corrected chi connectivity index (χ1v) is 46.0. The van der Waals surface area contributed by atoms with Gasteiger partial charge in [-0.3, -0.25) is 14.4 Å². The van der Waals surface area contributed by atoms with Crippen LogP contribution in [0.5, 0.6) is 0 Å². The fourth-order valence-corrected chi connectivity index (χ4v) is 18.7. The Labute approximate surface area is 789 Å². The number of carbonyl (C=O) groups excluding carboxylic acids is 3. The summed E-state index contributed by atoms with van der Waals surface area (Å²) in [6.07, 6.45) is 20.7. The van der Waals surface area contributed by atoms with E-state index < -0.39 is 0 Å². The zero-order valence-corrected chi connectivity index (χ0v) is 86.8. The number of benzene rings is 6. The zero-order valence-electron chi connectivity index (χ0n) is 77.2. The Kier molecular flexibility index (Phi) is 46.3. The molecule has 3 N–H and O–H groups in total. The second-order valence-electron chi connectivity index (χ2n) is 32.4. The fourth-order valence-electron chi connectivity index (χ4n) is 15.5. The van der Waals surface area contributed by atoms with Gasteiger partial charge in [0.25, 0.3) is 0 Å². The van der Waals surface area contributed by atoms with Crippen molar-refractivity contribution in [1.82, 2.24) is 15.0 Å². The van der Waals surface area contributed by atoms with Crippen molar-refractivity contribution in [1.29, 1.82) is 0 Å². The van der Waals surface area contributed by atoms with Crippen LogP contribution < -0.4 is 0 Å². The van der Waals surface area contributed by atoms with Gasteiger partial charge < -0.3 is 30.3 Å². The van der Waals surface area contributed by atoms with E-state index in [-0.39, 0.29) is 130 Å². The van der Waals surface area contributed by atoms with Crippen LogP contribution in [-0.2, 0) is 74.7 Å². The Morgan fingerprint density at radius 2 is 0.569 bits per heavy atom. The summed E-state index contributed by atoms with van der Waals surface area (Å²) in [5.41, 5.74) is 25.2. The largest absolute Gasteiger partial charge is 0.512 e. The molecule has 0 atom stereocenters. The van der Waals surface area contributed by atoms with E-state index in [0.717, 1.165) is 128 Å². The number of ketones is 3. The Morgan fingerprint density at radius 1 is 0.309 bits per heavy atom. The predicted octanol–water partition coefficient (Wildman–Crippen LogP) is 31.6. The van der Waals surface area contributed by atoms with Crippen molar-refractivity contribution in [3.8, 4) is 65.1 Å². The molecule has 0 spiro atoms. The number of nitrogens with zero attached hydrogens (tertiary/aromatic N) is 3. The van der Waals surface area contributed by atoms with Crippen molar-refractivity contribution in [2.45, 2.75) is 243 Å². The number of aliphatic hydroxyl groups is 3. The van der Waals surface area contributed by atoms with Gasteiger partial charge in [0.15, 0.2) is 17.3 Å². The molecule has 0 aliphatic carbocycles. The van der Waals surface area contributed by atoms with E-state index in [4.69, 9.17) is 4.98 Å². The average Bonchev–Trinajstić information content (AvgIpc) is 1.66. The summed E-state index contributed by atoms with van der Waals surface area (Å²) in [6.45, 7) is 49.8. The van der Waals surface area contributed by atoms with Crippen LogP contribution in [0, 0.1) is 137 Å². The Morgan fingerprint density at radius 3 is 0.854 bits per heavy atom. The zero-order chi connectivity index (χ0) is 88.2. The normalized spacial score (nSPS) is 11.4. The number of thiophene rings is 3. The number of allylic oxidation sites excluding steroid dienone is 6. The van der Waals surface area contributed by atoms with Gasteiger partial charge in [-0.25, -0.2) is 0 Å². The van der Waals surface area contributed by atoms with Crippen LogP contribution in [0.1, 0.15) is 227 Å². The molecular weight excluding hydrogens is 2110 g/mol. The molecule has 9 nitrogen and oxygen atoms in total. The minimum Gasteiger partial charge on any atom is -0.512 e. The van der Waals surface area contributed by atoms with Gasteiger partial charge in [0.2, 0.25) is 0 Å². The van der Waals surface area contributed by atoms with Gasteiger partial charge >= 0.3 is 0 Å². The standard InChI is InChI=1S/C24H22NS.C23H20NS.C22H18NS.3C13H24O2.3Ir/c1-14-6-15(2)10-19(9-14)21-11-20-12-22(26-23(20)13-25-21)24-17(4)7-16(3)8-18(24)5;1-14-5-15(2)8-18(7-14)21-11-20-12-22(25-23(20)13-24-21)19-9-16(3)6-17(4)10-19;1-14-4-6-17(7-5-14)21-12-19-11-20(23-13-22(19)24-21)18-9-15(2)8-16(3)10-18;3*1-5-10(6-2)12(14)9-13(15)11(7-3)8-4;;;/h6-9,11-13H,1-5H3;5-7,9-13H,1-4H3;4-9,11-13H,1-3H3;3*9-11,14H,5-8H2,1-4H3;;;/q3*-1;;;;;;. The SMILES string of the molecule is CCC(CC)C(=O)C=C(O)C(CC)CC.CCC(CC)C(=O)C=C(O)C(CC)CC.CCC(CC)C(=O)C=C(O)C(CC)CC.Cc1[c-]c(-c2cc3cc(-c4c(C)cc(C)cc4C)sc3cn2)cc(C)c1.Cc1[c-]c(-c2cc3cc(-c4cc(C)cc(C)c4)sc3cn2)cc(C)c1.Cc1[c-]c(-c2cc3cc(-c4ccc(C)cc4)sc3cn2)cc(C)c1.[Ir].[Ir].[Ir]. The minimum absolute atomic E-state index is 0. The number of pyridine rings is 3. The molecular formula is C108H132Ir3N3O6S3-3. The molecule has 3 radical (unpaired) electrons. The van der Waals surface area contributed by atoms with E-state index in [1.165, 1.54) is 130 Å². The Balaban J connectivity index is 0.000000314. The van der Waals surface area contributed by atoms with Gasteiger partial charge in [0, 0.05) is 147 Å². The van der Waals surface area contributed by atoms with Crippen molar-refractivity contribution < 1.29 is 90.0 Å². The molecule has 12 rings (SSSR count). The van der Waals surface area contributed by atoms with Crippen molar-refractivity contribution >= 4 is 81.6 Å². The second-order valence-corrected chi connectivity index (χ2v) is 35.7. The number of carbonyl (C=O) groups is 3. The summed E-state index contributed by atoms with van der Waals surface area (Å²) in [6, 6.07) is 56.5. The van der Waals surface area contributed by atoms with E-state index in [0.29, 0.717) is 0 Å². The number of aliphatic hydroxyl groups excluding tert-OH is 3. The summed E-state index contributed by atoms with van der Waals surface area (Å²) < 4.78 is 3.67. The summed E-state index contributed by atoms with van der Waals surface area (Å²) in [4.78, 5) is 53.1. The number of hydrogen-bond donors (Lipinski definition) is 3. The molecule has 0 amide bonds. The van der Waals surface area contributed by atoms with Gasteiger partial charge in [-0.15, -0.1) is 139 Å². The smallest absolute Gasteiger partial charge is 0.162 e. The molecule has 663 valence electrons. The van der Waals surface area contributed by atoms with Gasteiger partial charge in [0.05, 0.1) is 31.4 Å². The topological polar surface area (TPSA) is 151 Å². The van der Waals surface area contributed by atoms with E-state index in [1.807, 2.05) is 113 Å². The quantitative estimate of drug-likeness (QED) is 0.0260. The number of aromatic nitrogens is 3. The van der Waals surface area contributed by atoms with Crippen LogP contribution in [0.25, 0.3) is 95.4 Å². The second kappa shape index (κ2) is 53.0. The van der Waals surface area contributed by atoms with Crippen LogP contribution >= 0.6 is 34.0 Å². The van der Waals surface area contributed by atoms with Crippen molar-refractivity contribution in [3.05, 3.63) is 266 Å². The molecule has 15 heteroatoms. The molecule has 0 unspecified atom stereocenters. The maximum absolute atomic E-state index is 11.7. The summed E-state index contributed by atoms with van der Waals surface area (Å²) in [5, 5.41) is 33.0. The summed E-state index contributed by atoms with van der Waals surface area (Å²) in [7, 11) is 0. The Hall–Kier alpha value is -7.77. The van der Waals surface area contributed by atoms with Gasteiger partial charge in [-0.05, 0) is 198 Å². The Bertz CT molecular complexity index is 5220. The third-order valence-electron chi connectivity index (χ3n) is 22.5. The third-order valence-corrected chi connectivity index (χ3v) is 25.9. The molecule has 6 heterocycles. The molecule has 6 aromatic carbocycles. The molecule has 6 aromatic heterocycles. The van der Waals surface area contributed by atoms with Crippen molar-refractivity contribution in [2.24, 2.45) is 35.5 Å². The van der Waals surface area contributed by atoms with E-state index >= 15 is 0 Å². The third kappa shape index (κ3) is 31.6. The van der Waals surface area contributed by atoms with Gasteiger partial charge in [-0.2, -0.15) is 0 Å². The van der Waals surface area contributed by atoms with Gasteiger partial charge in [0.1, 0.15) is 0 Å². The molecule has 123 heavy (non-hydrogen) atoms. The van der Waals surface area contributed by atoms with Crippen LogP contribution in [0.15, 0.2) is 181 Å². The number of aryl methyl sites for hydroxylation is 12. The number of fused-ring (bicyclic) bond motifs is 3. The van der Waals surface area contributed by atoms with Crippen LogP contribution in [-0.4, -0.2) is 47.6 Å². The van der Waals surface area contributed by atoms with E-state index in [9.17, 15) is 29.7 Å². The average molecular weight is 2240 g/mol. The summed E-state index contributed by atoms with van der Waals surface area (Å²) in [5.74, 6) is 1.64. The molecule has 12 aromatic rings. The molecule has 0 saturated carbocycles. The fraction of sp³-hybridized carbons (Fsp3) is 0.389. The van der Waals surface area contributed by atoms with Crippen molar-refractivity contribution in [2.75, 3.05) is 0 Å². The molecule has 0 aliphatic heterocycles. The first kappa shape index (κ1) is 108. The van der Waals surface area contributed by atoms with Crippen molar-refractivity contribution in [3.63, 3.8) is 0 Å². The number of hydrogen-bond acceptors (Lipinski definition) is 12. The first-order chi connectivity index (χ1) is 57.3.